The quantitative estimate of drug-likeness (QED) is 0.503. The Morgan fingerprint density at radius 2 is 1.81 bits per heavy atom. The van der Waals surface area contributed by atoms with E-state index >= 15 is 0 Å². The Morgan fingerprint density at radius 3 is 2.41 bits per heavy atom. The third-order valence-electron chi connectivity index (χ3n) is 6.00. The molecule has 2 rings (SSSR count). The van der Waals surface area contributed by atoms with Gasteiger partial charge >= 0.3 is 6.09 Å². The molecule has 1 atom stereocenters. The summed E-state index contributed by atoms with van der Waals surface area (Å²) in [4.78, 5) is 29.3. The van der Waals surface area contributed by atoms with Gasteiger partial charge in [-0.3, -0.25) is 4.79 Å². The number of carbonyl (C=O) groups excluding carboxylic acids is 1. The van der Waals surface area contributed by atoms with Crippen LogP contribution in [0.3, 0.4) is 0 Å². The maximum Gasteiger partial charge on any atom is 0.407 e. The van der Waals surface area contributed by atoms with E-state index in [1.807, 2.05) is 12.1 Å². The van der Waals surface area contributed by atoms with Crippen molar-refractivity contribution in [3.63, 3.8) is 0 Å². The summed E-state index contributed by atoms with van der Waals surface area (Å²) >= 11 is 0. The van der Waals surface area contributed by atoms with Crippen LogP contribution in [0.5, 0.6) is 0 Å². The minimum Gasteiger partial charge on any atom is -0.465 e. The summed E-state index contributed by atoms with van der Waals surface area (Å²) < 4.78 is 23.3. The van der Waals surface area contributed by atoms with Crippen LogP contribution in [0.2, 0.25) is 0 Å². The highest BCUT2D eigenvalue weighted by Gasteiger charge is 2.23. The molecule has 0 aromatic heterocycles. The lowest BCUT2D eigenvalue weighted by Crippen LogP contribution is -2.37. The SMILES string of the molecule is CCCN(CCCCN1CCN(C(=O)O)CCC1=O)[C@@H](C)Cc1ccc(S(C)(=O)=O)cc1. The Balaban J connectivity index is 1.82. The smallest absolute Gasteiger partial charge is 0.407 e. The highest BCUT2D eigenvalue weighted by Crippen LogP contribution is 2.15. The second kappa shape index (κ2) is 12.2. The van der Waals surface area contributed by atoms with E-state index in [9.17, 15) is 18.0 Å². The number of sulfone groups is 1. The summed E-state index contributed by atoms with van der Waals surface area (Å²) in [6.07, 6.45) is 4.25. The first-order valence-corrected chi connectivity index (χ1v) is 13.3. The Morgan fingerprint density at radius 1 is 1.12 bits per heavy atom. The third-order valence-corrected chi connectivity index (χ3v) is 7.13. The fourth-order valence-corrected chi connectivity index (χ4v) is 4.73. The van der Waals surface area contributed by atoms with Crippen molar-refractivity contribution in [2.75, 3.05) is 45.5 Å². The molecule has 1 saturated heterocycles. The van der Waals surface area contributed by atoms with Crippen molar-refractivity contribution in [3.05, 3.63) is 29.8 Å². The number of carbonyl (C=O) groups is 2. The zero-order valence-corrected chi connectivity index (χ0v) is 20.3. The molecule has 2 amide bonds. The van der Waals surface area contributed by atoms with Crippen LogP contribution in [0.4, 0.5) is 4.79 Å². The molecule has 1 aliphatic rings. The monoisotopic (exact) mass is 467 g/mol. The molecule has 1 N–H and O–H groups in total. The summed E-state index contributed by atoms with van der Waals surface area (Å²) in [5.41, 5.74) is 1.11. The van der Waals surface area contributed by atoms with E-state index < -0.39 is 15.9 Å². The molecule has 8 nitrogen and oxygen atoms in total. The zero-order valence-electron chi connectivity index (χ0n) is 19.5. The van der Waals surface area contributed by atoms with Crippen molar-refractivity contribution in [1.82, 2.24) is 14.7 Å². The standard InChI is InChI=1S/C23H37N3O5S/c1-4-12-24(19(2)18-20-7-9-21(10-8-20)32(3,30)31)13-5-6-14-25-16-17-26(23(28)29)15-11-22(25)27/h7-10,19H,4-6,11-18H2,1-3H3,(H,28,29)/t19-/m0/s1. The van der Waals surface area contributed by atoms with Gasteiger partial charge in [0.15, 0.2) is 9.84 Å². The molecule has 1 aromatic carbocycles. The van der Waals surface area contributed by atoms with Crippen molar-refractivity contribution < 1.29 is 23.1 Å². The summed E-state index contributed by atoms with van der Waals surface area (Å²) in [7, 11) is -3.18. The van der Waals surface area contributed by atoms with Gasteiger partial charge in [-0.2, -0.15) is 0 Å². The molecule has 0 spiro atoms. The maximum atomic E-state index is 12.3. The summed E-state index contributed by atoms with van der Waals surface area (Å²) in [5.74, 6) is 0.0325. The van der Waals surface area contributed by atoms with Crippen LogP contribution in [0.1, 0.15) is 45.1 Å². The first-order valence-electron chi connectivity index (χ1n) is 11.4. The number of hydrogen-bond donors (Lipinski definition) is 1. The average molecular weight is 468 g/mol. The molecule has 9 heteroatoms. The number of benzene rings is 1. The molecule has 0 bridgehead atoms. The van der Waals surface area contributed by atoms with E-state index in [4.69, 9.17) is 5.11 Å². The number of carboxylic acid groups (broad SMARTS) is 1. The molecule has 0 radical (unpaired) electrons. The Kier molecular flexibility index (Phi) is 9.96. The van der Waals surface area contributed by atoms with E-state index in [0.29, 0.717) is 30.6 Å². The molecule has 0 aliphatic carbocycles. The van der Waals surface area contributed by atoms with Crippen molar-refractivity contribution in [2.45, 2.75) is 56.9 Å². The molecule has 1 aromatic rings. The predicted molar refractivity (Wildman–Crippen MR) is 125 cm³/mol. The van der Waals surface area contributed by atoms with E-state index in [0.717, 1.165) is 44.3 Å². The normalized spacial score (nSPS) is 16.3. The van der Waals surface area contributed by atoms with Crippen LogP contribution in [-0.2, 0) is 21.1 Å². The van der Waals surface area contributed by atoms with Gasteiger partial charge < -0.3 is 19.8 Å². The maximum absolute atomic E-state index is 12.3. The lowest BCUT2D eigenvalue weighted by atomic mass is 10.1. The molecular weight excluding hydrogens is 430 g/mol. The lowest BCUT2D eigenvalue weighted by Gasteiger charge is -2.29. The molecule has 1 heterocycles. The van der Waals surface area contributed by atoms with Crippen molar-refractivity contribution in [3.8, 4) is 0 Å². The van der Waals surface area contributed by atoms with Crippen LogP contribution in [0.25, 0.3) is 0 Å². The zero-order chi connectivity index (χ0) is 23.7. The van der Waals surface area contributed by atoms with Crippen LogP contribution in [0, 0.1) is 0 Å². The van der Waals surface area contributed by atoms with Crippen molar-refractivity contribution in [1.29, 1.82) is 0 Å². The Hall–Kier alpha value is -2.13. The topological polar surface area (TPSA) is 98.2 Å². The number of rotatable bonds is 11. The lowest BCUT2D eigenvalue weighted by molar-refractivity contribution is -0.130. The molecule has 1 fully saturated rings. The van der Waals surface area contributed by atoms with Crippen LogP contribution in [0.15, 0.2) is 29.2 Å². The van der Waals surface area contributed by atoms with Gasteiger partial charge in [0.1, 0.15) is 0 Å². The number of amides is 2. The van der Waals surface area contributed by atoms with Gasteiger partial charge in [-0.15, -0.1) is 0 Å². The van der Waals surface area contributed by atoms with E-state index in [1.54, 1.807) is 17.0 Å². The molecule has 1 aliphatic heterocycles. The van der Waals surface area contributed by atoms with E-state index in [2.05, 4.69) is 18.7 Å². The summed E-state index contributed by atoms with van der Waals surface area (Å²) in [6, 6.07) is 7.45. The van der Waals surface area contributed by atoms with Gasteiger partial charge in [0.05, 0.1) is 4.90 Å². The molecular formula is C23H37N3O5S. The van der Waals surface area contributed by atoms with Crippen molar-refractivity contribution >= 4 is 21.8 Å². The van der Waals surface area contributed by atoms with Crippen LogP contribution in [-0.4, -0.2) is 91.8 Å². The van der Waals surface area contributed by atoms with Gasteiger partial charge in [0, 0.05) is 44.9 Å². The largest absolute Gasteiger partial charge is 0.465 e. The first kappa shape index (κ1) is 26.1. The second-order valence-electron chi connectivity index (χ2n) is 8.61. The van der Waals surface area contributed by atoms with Gasteiger partial charge in [-0.1, -0.05) is 19.1 Å². The minimum absolute atomic E-state index is 0.0325. The highest BCUT2D eigenvalue weighted by atomic mass is 32.2. The average Bonchev–Trinajstić information content (AvgIpc) is 2.91. The predicted octanol–water partition coefficient (Wildman–Crippen LogP) is 2.73. The third kappa shape index (κ3) is 8.09. The van der Waals surface area contributed by atoms with Crippen LogP contribution >= 0.6 is 0 Å². The Bertz CT molecular complexity index is 857. The number of hydrogen-bond acceptors (Lipinski definition) is 5. The van der Waals surface area contributed by atoms with Gasteiger partial charge in [0.2, 0.25) is 5.91 Å². The van der Waals surface area contributed by atoms with Gasteiger partial charge in [0.25, 0.3) is 0 Å². The Labute approximate surface area is 192 Å². The molecule has 32 heavy (non-hydrogen) atoms. The number of nitrogens with zero attached hydrogens (tertiary/aromatic N) is 3. The fourth-order valence-electron chi connectivity index (χ4n) is 4.09. The minimum atomic E-state index is -3.18. The molecule has 180 valence electrons. The first-order chi connectivity index (χ1) is 15.1. The second-order valence-corrected chi connectivity index (χ2v) is 10.6. The van der Waals surface area contributed by atoms with E-state index in [-0.39, 0.29) is 18.9 Å². The summed E-state index contributed by atoms with van der Waals surface area (Å²) in [5, 5.41) is 9.13. The number of unbranched alkanes of at least 4 members (excludes halogenated alkanes) is 1. The summed E-state index contributed by atoms with van der Waals surface area (Å²) in [6.45, 7) is 8.04. The fraction of sp³-hybridized carbons (Fsp3) is 0.652. The van der Waals surface area contributed by atoms with Gasteiger partial charge in [-0.05, 0) is 63.4 Å². The molecule has 0 saturated carbocycles. The van der Waals surface area contributed by atoms with E-state index in [1.165, 1.54) is 11.2 Å². The van der Waals surface area contributed by atoms with Gasteiger partial charge in [-0.25, -0.2) is 13.2 Å². The highest BCUT2D eigenvalue weighted by molar-refractivity contribution is 7.90. The van der Waals surface area contributed by atoms with Crippen LogP contribution < -0.4 is 0 Å². The molecule has 0 unspecified atom stereocenters. The van der Waals surface area contributed by atoms with Crippen molar-refractivity contribution in [2.24, 2.45) is 0 Å².